The van der Waals surface area contributed by atoms with Gasteiger partial charge in [-0.3, -0.25) is 0 Å². The molecule has 0 aliphatic heterocycles. The summed E-state index contributed by atoms with van der Waals surface area (Å²) in [4.78, 5) is 4.67. The predicted octanol–water partition coefficient (Wildman–Crippen LogP) is 11.8. The third-order valence-electron chi connectivity index (χ3n) is 7.93. The monoisotopic (exact) mass is 552 g/mol. The maximum absolute atomic E-state index is 2.35. The van der Waals surface area contributed by atoms with Crippen LogP contribution in [0, 0.1) is 13.8 Å². The average molecular weight is 553 g/mol. The van der Waals surface area contributed by atoms with Crippen LogP contribution in [0.3, 0.4) is 0 Å². The van der Waals surface area contributed by atoms with Crippen molar-refractivity contribution in [1.29, 1.82) is 0 Å². The summed E-state index contributed by atoms with van der Waals surface area (Å²) >= 11 is 0. The molecule has 2 heteroatoms. The maximum Gasteiger partial charge on any atom is 0.0463 e. The zero-order valence-electron chi connectivity index (χ0n) is 26.4. The highest BCUT2D eigenvalue weighted by atomic mass is 15.2. The first-order chi connectivity index (χ1) is 19.9. The second kappa shape index (κ2) is 11.5. The molecule has 0 saturated heterocycles. The highest BCUT2D eigenvalue weighted by molar-refractivity contribution is 5.81. The van der Waals surface area contributed by atoms with E-state index in [1.54, 1.807) is 0 Å². The zero-order valence-corrected chi connectivity index (χ0v) is 26.4. The van der Waals surface area contributed by atoms with Crippen LogP contribution in [0.4, 0.5) is 34.1 Å². The minimum absolute atomic E-state index is 0.106. The third-order valence-corrected chi connectivity index (χ3v) is 7.93. The smallest absolute Gasteiger partial charge is 0.0463 e. The molecule has 5 rings (SSSR count). The van der Waals surface area contributed by atoms with E-state index in [9.17, 15) is 0 Å². The van der Waals surface area contributed by atoms with Gasteiger partial charge >= 0.3 is 0 Å². The van der Waals surface area contributed by atoms with Gasteiger partial charge in [-0.2, -0.15) is 0 Å². The summed E-state index contributed by atoms with van der Waals surface area (Å²) in [6.07, 6.45) is 0. The highest BCUT2D eigenvalue weighted by Crippen LogP contribution is 2.40. The van der Waals surface area contributed by atoms with Crippen LogP contribution in [-0.2, 0) is 10.8 Å². The molecule has 0 N–H and O–H groups in total. The van der Waals surface area contributed by atoms with E-state index in [0.29, 0.717) is 0 Å². The molecular weight excluding hydrogens is 508 g/mol. The molecule has 0 fully saturated rings. The third kappa shape index (κ3) is 6.44. The molecule has 0 radical (unpaired) electrons. The summed E-state index contributed by atoms with van der Waals surface area (Å²) in [5, 5.41) is 0. The van der Waals surface area contributed by atoms with Crippen LogP contribution in [0.5, 0.6) is 0 Å². The summed E-state index contributed by atoms with van der Waals surface area (Å²) in [7, 11) is 0. The van der Waals surface area contributed by atoms with E-state index < -0.39 is 0 Å². The van der Waals surface area contributed by atoms with Crippen molar-refractivity contribution >= 4 is 34.1 Å². The van der Waals surface area contributed by atoms with Crippen LogP contribution in [-0.4, -0.2) is 0 Å². The number of aryl methyl sites for hydroxylation is 2. The van der Waals surface area contributed by atoms with E-state index in [4.69, 9.17) is 0 Å². The van der Waals surface area contributed by atoms with Crippen molar-refractivity contribution in [2.75, 3.05) is 9.80 Å². The molecule has 0 bridgehead atoms. The minimum Gasteiger partial charge on any atom is -0.311 e. The van der Waals surface area contributed by atoms with Gasteiger partial charge in [0.2, 0.25) is 0 Å². The van der Waals surface area contributed by atoms with Crippen molar-refractivity contribution in [2.45, 2.75) is 66.2 Å². The van der Waals surface area contributed by atoms with Gasteiger partial charge in [-0.25, -0.2) is 0 Å². The van der Waals surface area contributed by atoms with E-state index in [1.807, 2.05) is 0 Å². The fourth-order valence-corrected chi connectivity index (χ4v) is 5.25. The first kappa shape index (κ1) is 29.2. The standard InChI is InChI=1S/C40H44N2/c1-29-9-17-33(18-10-29)41(34-19-11-30(2)12-20-34)37-25-27-38(28-26-37)42(35-21-13-31(14-22-35)39(3,4)5)36-23-15-32(16-24-36)40(6,7)8/h9-28H,1-8H3. The lowest BCUT2D eigenvalue weighted by Crippen LogP contribution is -2.14. The van der Waals surface area contributed by atoms with E-state index in [0.717, 1.165) is 34.1 Å². The topological polar surface area (TPSA) is 6.48 Å². The van der Waals surface area contributed by atoms with E-state index in [-0.39, 0.29) is 10.8 Å². The number of hydrogen-bond acceptors (Lipinski definition) is 2. The van der Waals surface area contributed by atoms with Crippen molar-refractivity contribution in [3.8, 4) is 0 Å². The van der Waals surface area contributed by atoms with Gasteiger partial charge in [-0.15, -0.1) is 0 Å². The molecule has 0 amide bonds. The first-order valence-electron chi connectivity index (χ1n) is 14.9. The molecule has 0 spiro atoms. The highest BCUT2D eigenvalue weighted by Gasteiger charge is 2.19. The lowest BCUT2D eigenvalue weighted by atomic mass is 9.86. The van der Waals surface area contributed by atoms with Crippen molar-refractivity contribution in [2.24, 2.45) is 0 Å². The fourth-order valence-electron chi connectivity index (χ4n) is 5.25. The van der Waals surface area contributed by atoms with Gasteiger partial charge in [0.1, 0.15) is 0 Å². The van der Waals surface area contributed by atoms with Crippen LogP contribution in [0.1, 0.15) is 63.8 Å². The Bertz CT molecular complexity index is 1490. The Balaban J connectivity index is 1.58. The molecule has 0 saturated carbocycles. The van der Waals surface area contributed by atoms with Crippen LogP contribution >= 0.6 is 0 Å². The molecule has 214 valence electrons. The Morgan fingerprint density at radius 2 is 0.500 bits per heavy atom. The zero-order chi connectivity index (χ0) is 30.1. The number of rotatable bonds is 6. The molecule has 5 aromatic carbocycles. The van der Waals surface area contributed by atoms with Crippen molar-refractivity contribution < 1.29 is 0 Å². The first-order valence-corrected chi connectivity index (χ1v) is 14.9. The number of anilines is 6. The normalized spacial score (nSPS) is 11.8. The van der Waals surface area contributed by atoms with Crippen LogP contribution in [0.2, 0.25) is 0 Å². The van der Waals surface area contributed by atoms with Crippen molar-refractivity contribution in [1.82, 2.24) is 0 Å². The summed E-state index contributed by atoms with van der Waals surface area (Å²) in [5.41, 5.74) is 12.2. The van der Waals surface area contributed by atoms with Crippen molar-refractivity contribution in [3.63, 3.8) is 0 Å². The second-order valence-electron chi connectivity index (χ2n) is 13.5. The van der Waals surface area contributed by atoms with Crippen molar-refractivity contribution in [3.05, 3.63) is 144 Å². The summed E-state index contributed by atoms with van der Waals surface area (Å²) in [5.74, 6) is 0. The number of benzene rings is 5. The lowest BCUT2D eigenvalue weighted by Gasteiger charge is -2.29. The largest absolute Gasteiger partial charge is 0.311 e. The fraction of sp³-hybridized carbons (Fsp3) is 0.250. The lowest BCUT2D eigenvalue weighted by molar-refractivity contribution is 0.590. The van der Waals surface area contributed by atoms with Gasteiger partial charge in [0, 0.05) is 34.1 Å². The van der Waals surface area contributed by atoms with E-state index in [2.05, 4.69) is 187 Å². The Morgan fingerprint density at radius 3 is 0.714 bits per heavy atom. The second-order valence-corrected chi connectivity index (χ2v) is 13.5. The maximum atomic E-state index is 2.35. The molecule has 42 heavy (non-hydrogen) atoms. The van der Waals surface area contributed by atoms with Gasteiger partial charge in [0.15, 0.2) is 0 Å². The molecule has 2 nitrogen and oxygen atoms in total. The molecule has 0 aliphatic carbocycles. The predicted molar refractivity (Wildman–Crippen MR) is 183 cm³/mol. The number of nitrogens with zero attached hydrogens (tertiary/aromatic N) is 2. The SMILES string of the molecule is Cc1ccc(N(c2ccc(C)cc2)c2ccc(N(c3ccc(C(C)(C)C)cc3)c3ccc(C(C)(C)C)cc3)cc2)cc1. The van der Waals surface area contributed by atoms with Gasteiger partial charge in [-0.1, -0.05) is 101 Å². The Morgan fingerprint density at radius 1 is 0.310 bits per heavy atom. The molecule has 0 aromatic heterocycles. The molecule has 0 heterocycles. The van der Waals surface area contributed by atoms with Gasteiger partial charge < -0.3 is 9.80 Å². The summed E-state index contributed by atoms with van der Waals surface area (Å²) in [6, 6.07) is 44.5. The molecule has 0 atom stereocenters. The molecular formula is C40H44N2. The van der Waals surface area contributed by atoms with E-state index >= 15 is 0 Å². The Labute approximate surface area is 253 Å². The number of hydrogen-bond donors (Lipinski definition) is 0. The summed E-state index contributed by atoms with van der Waals surface area (Å²) < 4.78 is 0. The Hall–Kier alpha value is -4.30. The van der Waals surface area contributed by atoms with Gasteiger partial charge in [-0.05, 0) is 109 Å². The molecule has 0 unspecified atom stereocenters. The average Bonchev–Trinajstić information content (AvgIpc) is 2.96. The summed E-state index contributed by atoms with van der Waals surface area (Å²) in [6.45, 7) is 17.8. The minimum atomic E-state index is 0.106. The van der Waals surface area contributed by atoms with Crippen LogP contribution in [0.15, 0.2) is 121 Å². The van der Waals surface area contributed by atoms with Crippen LogP contribution in [0.25, 0.3) is 0 Å². The molecule has 5 aromatic rings. The van der Waals surface area contributed by atoms with Gasteiger partial charge in [0.25, 0.3) is 0 Å². The van der Waals surface area contributed by atoms with Crippen LogP contribution < -0.4 is 9.80 Å². The molecule has 0 aliphatic rings. The Kier molecular flexibility index (Phi) is 8.01. The van der Waals surface area contributed by atoms with E-state index in [1.165, 1.54) is 22.3 Å². The van der Waals surface area contributed by atoms with Gasteiger partial charge in [0.05, 0.1) is 0 Å². The quantitative estimate of drug-likeness (QED) is 0.207.